The highest BCUT2D eigenvalue weighted by Crippen LogP contribution is 2.42. The molecule has 1 saturated heterocycles. The summed E-state index contributed by atoms with van der Waals surface area (Å²) in [5.41, 5.74) is 3.06. The third-order valence-corrected chi connectivity index (χ3v) is 5.01. The Morgan fingerprint density at radius 1 is 1.42 bits per heavy atom. The van der Waals surface area contributed by atoms with Crippen molar-refractivity contribution in [1.82, 2.24) is 14.9 Å². The number of nitrogens with one attached hydrogen (secondary N) is 1. The first kappa shape index (κ1) is 14.9. The van der Waals surface area contributed by atoms with Crippen LogP contribution in [0.2, 0.25) is 5.02 Å². The van der Waals surface area contributed by atoms with E-state index >= 15 is 0 Å². The number of halogens is 1. The molecule has 6 nitrogen and oxygen atoms in total. The molecule has 1 aromatic heterocycles. The maximum absolute atomic E-state index is 12.8. The second-order valence-electron chi connectivity index (χ2n) is 6.02. The normalized spacial score (nSPS) is 21.1. The molecule has 2 aliphatic heterocycles. The average molecular weight is 340 g/mol. The van der Waals surface area contributed by atoms with E-state index in [0.717, 1.165) is 30.5 Å². The molecule has 2 aliphatic rings. The van der Waals surface area contributed by atoms with Crippen LogP contribution in [0.4, 0.5) is 10.5 Å². The molecule has 2 aromatic rings. The molecule has 1 aromatic carbocycles. The lowest BCUT2D eigenvalue weighted by atomic mass is 10.00. The minimum atomic E-state index is -0.155. The third kappa shape index (κ3) is 2.38. The Balaban J connectivity index is 1.58. The summed E-state index contributed by atoms with van der Waals surface area (Å²) in [5, 5.41) is 12.1. The summed E-state index contributed by atoms with van der Waals surface area (Å²) in [7, 11) is 0. The van der Waals surface area contributed by atoms with Gasteiger partial charge < -0.3 is 10.2 Å². The number of rotatable bonds is 1. The summed E-state index contributed by atoms with van der Waals surface area (Å²) in [5.74, 6) is 0. The number of hydrogen-bond donors (Lipinski definition) is 1. The lowest BCUT2D eigenvalue weighted by Gasteiger charge is -2.35. The molecular formula is C17H14ClN5O. The highest BCUT2D eigenvalue weighted by molar-refractivity contribution is 6.32. The molecule has 0 aliphatic carbocycles. The Kier molecular flexibility index (Phi) is 3.58. The van der Waals surface area contributed by atoms with E-state index in [4.69, 9.17) is 16.9 Å². The number of urea groups is 1. The van der Waals surface area contributed by atoms with Crippen LogP contribution in [-0.2, 0) is 6.42 Å². The van der Waals surface area contributed by atoms with Gasteiger partial charge in [0.05, 0.1) is 22.3 Å². The molecule has 0 radical (unpaired) electrons. The molecular weight excluding hydrogens is 326 g/mol. The topological polar surface area (TPSA) is 81.9 Å². The van der Waals surface area contributed by atoms with Crippen molar-refractivity contribution in [2.75, 3.05) is 5.32 Å². The SMILES string of the molecule is N#Cc1ccc(NC(=O)N2[C@@H]3CC[C@H]2c2cncnc2C3)cc1Cl. The number of hydrogen-bond acceptors (Lipinski definition) is 4. The molecule has 2 amide bonds. The number of aromatic nitrogens is 2. The molecule has 2 bridgehead atoms. The Bertz CT molecular complexity index is 862. The third-order valence-electron chi connectivity index (χ3n) is 4.69. The summed E-state index contributed by atoms with van der Waals surface area (Å²) in [4.78, 5) is 23.1. The van der Waals surface area contributed by atoms with Crippen LogP contribution in [-0.4, -0.2) is 26.9 Å². The van der Waals surface area contributed by atoms with Gasteiger partial charge in [0.2, 0.25) is 0 Å². The first-order chi connectivity index (χ1) is 11.7. The fourth-order valence-electron chi connectivity index (χ4n) is 3.61. The highest BCUT2D eigenvalue weighted by Gasteiger charge is 2.43. The molecule has 2 atom stereocenters. The van der Waals surface area contributed by atoms with Crippen molar-refractivity contribution in [1.29, 1.82) is 5.26 Å². The van der Waals surface area contributed by atoms with E-state index in [1.54, 1.807) is 24.5 Å². The van der Waals surface area contributed by atoms with Crippen LogP contribution in [0.3, 0.4) is 0 Å². The Labute approximate surface area is 144 Å². The van der Waals surface area contributed by atoms with Gasteiger partial charge in [0.25, 0.3) is 0 Å². The van der Waals surface area contributed by atoms with Crippen LogP contribution in [0.25, 0.3) is 0 Å². The minimum Gasteiger partial charge on any atom is -0.314 e. The second kappa shape index (κ2) is 5.77. The van der Waals surface area contributed by atoms with E-state index in [-0.39, 0.29) is 18.1 Å². The number of nitrogens with zero attached hydrogens (tertiary/aromatic N) is 4. The fourth-order valence-corrected chi connectivity index (χ4v) is 3.83. The van der Waals surface area contributed by atoms with Gasteiger partial charge in [-0.15, -0.1) is 0 Å². The summed E-state index contributed by atoms with van der Waals surface area (Å²) in [6.07, 6.45) is 6.02. The Morgan fingerprint density at radius 2 is 2.29 bits per heavy atom. The number of amides is 2. The number of fused-ring (bicyclic) bond motifs is 4. The predicted molar refractivity (Wildman–Crippen MR) is 88.5 cm³/mol. The van der Waals surface area contributed by atoms with Crippen LogP contribution in [0.1, 0.15) is 35.7 Å². The largest absolute Gasteiger partial charge is 0.322 e. The van der Waals surface area contributed by atoms with Crippen LogP contribution in [0, 0.1) is 11.3 Å². The number of anilines is 1. The van der Waals surface area contributed by atoms with Gasteiger partial charge in [-0.05, 0) is 31.0 Å². The van der Waals surface area contributed by atoms with E-state index in [9.17, 15) is 4.79 Å². The first-order valence-corrected chi connectivity index (χ1v) is 8.13. The van der Waals surface area contributed by atoms with Crippen molar-refractivity contribution in [3.05, 3.63) is 52.6 Å². The lowest BCUT2D eigenvalue weighted by Crippen LogP contribution is -2.44. The van der Waals surface area contributed by atoms with E-state index < -0.39 is 0 Å². The fraction of sp³-hybridized carbons (Fsp3) is 0.294. The average Bonchev–Trinajstić information content (AvgIpc) is 2.90. The van der Waals surface area contributed by atoms with E-state index in [1.165, 1.54) is 0 Å². The van der Waals surface area contributed by atoms with Gasteiger partial charge in [0.15, 0.2) is 0 Å². The molecule has 1 N–H and O–H groups in total. The molecule has 0 saturated carbocycles. The minimum absolute atomic E-state index is 0.0220. The summed E-state index contributed by atoms with van der Waals surface area (Å²) >= 11 is 6.03. The zero-order valence-corrected chi connectivity index (χ0v) is 13.5. The van der Waals surface area contributed by atoms with Gasteiger partial charge in [-0.1, -0.05) is 11.6 Å². The Hall–Kier alpha value is -2.65. The lowest BCUT2D eigenvalue weighted by molar-refractivity contribution is 0.178. The maximum atomic E-state index is 12.8. The van der Waals surface area contributed by atoms with Crippen LogP contribution in [0.5, 0.6) is 0 Å². The summed E-state index contributed by atoms with van der Waals surface area (Å²) in [6, 6.07) is 6.92. The number of benzene rings is 1. The maximum Gasteiger partial charge on any atom is 0.322 e. The van der Waals surface area contributed by atoms with Crippen LogP contribution < -0.4 is 5.32 Å². The number of carbonyl (C=O) groups is 1. The van der Waals surface area contributed by atoms with E-state index in [2.05, 4.69) is 15.3 Å². The van der Waals surface area contributed by atoms with Gasteiger partial charge in [-0.2, -0.15) is 5.26 Å². The first-order valence-electron chi connectivity index (χ1n) is 7.75. The Morgan fingerprint density at radius 3 is 3.08 bits per heavy atom. The molecule has 0 spiro atoms. The van der Waals surface area contributed by atoms with Crippen molar-refractivity contribution in [2.24, 2.45) is 0 Å². The zero-order chi connectivity index (χ0) is 16.7. The number of carbonyl (C=O) groups excluding carboxylic acids is 1. The van der Waals surface area contributed by atoms with Gasteiger partial charge in [-0.3, -0.25) is 0 Å². The van der Waals surface area contributed by atoms with E-state index in [1.807, 2.05) is 17.2 Å². The van der Waals surface area contributed by atoms with Crippen molar-refractivity contribution in [3.8, 4) is 6.07 Å². The molecule has 0 unspecified atom stereocenters. The molecule has 24 heavy (non-hydrogen) atoms. The van der Waals surface area contributed by atoms with Gasteiger partial charge in [-0.25, -0.2) is 14.8 Å². The van der Waals surface area contributed by atoms with Crippen LogP contribution >= 0.6 is 11.6 Å². The monoisotopic (exact) mass is 339 g/mol. The van der Waals surface area contributed by atoms with Crippen molar-refractivity contribution in [2.45, 2.75) is 31.3 Å². The van der Waals surface area contributed by atoms with Gasteiger partial charge >= 0.3 is 6.03 Å². The summed E-state index contributed by atoms with van der Waals surface area (Å²) < 4.78 is 0. The standard InChI is InChI=1S/C17H14ClN5O/c18-14-5-11(2-1-10(14)7-19)22-17(24)23-12-3-4-16(23)13-8-20-9-21-15(13)6-12/h1-2,5,8-9,12,16H,3-4,6H2,(H,22,24)/t12-,16+/m1/s1. The summed E-state index contributed by atoms with van der Waals surface area (Å²) in [6.45, 7) is 0. The van der Waals surface area contributed by atoms with Gasteiger partial charge in [0.1, 0.15) is 12.4 Å². The quantitative estimate of drug-likeness (QED) is 0.864. The van der Waals surface area contributed by atoms with Crippen LogP contribution in [0.15, 0.2) is 30.7 Å². The highest BCUT2D eigenvalue weighted by atomic mass is 35.5. The molecule has 1 fully saturated rings. The molecule has 4 rings (SSSR count). The molecule has 7 heteroatoms. The molecule has 120 valence electrons. The number of nitriles is 1. The smallest absolute Gasteiger partial charge is 0.314 e. The van der Waals surface area contributed by atoms with Crippen molar-refractivity contribution in [3.63, 3.8) is 0 Å². The van der Waals surface area contributed by atoms with E-state index in [0.29, 0.717) is 16.3 Å². The predicted octanol–water partition coefficient (Wildman–Crippen LogP) is 3.30. The zero-order valence-electron chi connectivity index (χ0n) is 12.7. The molecule has 3 heterocycles. The second-order valence-corrected chi connectivity index (χ2v) is 6.43. The van der Waals surface area contributed by atoms with Crippen molar-refractivity contribution >= 4 is 23.3 Å². The van der Waals surface area contributed by atoms with Gasteiger partial charge in [0, 0.05) is 29.9 Å². The van der Waals surface area contributed by atoms with Crippen molar-refractivity contribution < 1.29 is 4.79 Å².